The van der Waals surface area contributed by atoms with Crippen molar-refractivity contribution in [3.63, 3.8) is 0 Å². The molecule has 0 fully saturated rings. The number of nitrogens with two attached hydrogens (primary N) is 1. The van der Waals surface area contributed by atoms with E-state index in [1.807, 2.05) is 12.1 Å². The molecule has 0 aliphatic carbocycles. The van der Waals surface area contributed by atoms with Crippen LogP contribution in [0.25, 0.3) is 0 Å². The maximum Gasteiger partial charge on any atom is 0.193 e. The highest BCUT2D eigenvalue weighted by Crippen LogP contribution is 2.25. The maximum absolute atomic E-state index is 5.97. The number of guanidine groups is 1. The number of hydrogen-bond acceptors (Lipinski definition) is 4. The molecule has 2 aromatic rings. The van der Waals surface area contributed by atoms with Crippen LogP contribution in [-0.4, -0.2) is 16.2 Å². The molecule has 1 aromatic heterocycles. The Morgan fingerprint density at radius 2 is 2.00 bits per heavy atom. The molecular weight excluding hydrogens is 433 g/mol. The van der Waals surface area contributed by atoms with Gasteiger partial charge in [0, 0.05) is 11.1 Å². The van der Waals surface area contributed by atoms with Crippen LogP contribution in [-0.2, 0) is 12.0 Å². The number of nitrogens with zero attached hydrogens (tertiary/aromatic N) is 3. The highest BCUT2D eigenvalue weighted by molar-refractivity contribution is 14.0. The molecule has 2 rings (SSSR count). The normalized spacial score (nSPS) is 12.2. The van der Waals surface area contributed by atoms with Crippen LogP contribution in [0.4, 0.5) is 5.69 Å². The van der Waals surface area contributed by atoms with Crippen molar-refractivity contribution in [3.05, 3.63) is 39.8 Å². The average Bonchev–Trinajstić information content (AvgIpc) is 2.94. The van der Waals surface area contributed by atoms with Gasteiger partial charge in [0.15, 0.2) is 5.96 Å². The molecule has 24 heavy (non-hydrogen) atoms. The van der Waals surface area contributed by atoms with Gasteiger partial charge in [-0.1, -0.05) is 58.1 Å². The van der Waals surface area contributed by atoms with Crippen molar-refractivity contribution in [2.75, 3.05) is 5.32 Å². The summed E-state index contributed by atoms with van der Waals surface area (Å²) in [6.45, 7) is 11.1. The van der Waals surface area contributed by atoms with E-state index in [0.717, 1.165) is 15.7 Å². The molecule has 0 spiro atoms. The summed E-state index contributed by atoms with van der Waals surface area (Å²) in [4.78, 5) is 4.35. The first-order valence-corrected chi connectivity index (χ1v) is 8.57. The topological polar surface area (TPSA) is 76.2 Å². The van der Waals surface area contributed by atoms with E-state index in [0.29, 0.717) is 18.4 Å². The van der Waals surface area contributed by atoms with Crippen molar-refractivity contribution >= 4 is 47.0 Å². The minimum Gasteiger partial charge on any atom is -0.370 e. The monoisotopic (exact) mass is 459 g/mol. The third-order valence-corrected chi connectivity index (χ3v) is 4.65. The minimum absolute atomic E-state index is 0. The van der Waals surface area contributed by atoms with Crippen LogP contribution in [0.3, 0.4) is 0 Å². The zero-order valence-electron chi connectivity index (χ0n) is 14.8. The smallest absolute Gasteiger partial charge is 0.193 e. The number of rotatable bonds is 4. The molecule has 0 unspecified atom stereocenters. The standard InChI is InChI=1S/C17H25N5S.HI/c1-11(2)12-7-6-8-13(9-12)20-16(18)19-10-14-21-22-15(23-14)17(3,4)5;/h6-9,11H,10H2,1-5H3,(H3,18,19,20);1H. The predicted octanol–water partition coefficient (Wildman–Crippen LogP) is 4.50. The number of aliphatic imine (C=N–C) groups is 1. The summed E-state index contributed by atoms with van der Waals surface area (Å²) in [5.74, 6) is 0.866. The van der Waals surface area contributed by atoms with Gasteiger partial charge in [-0.05, 0) is 23.6 Å². The molecule has 0 bridgehead atoms. The van der Waals surface area contributed by atoms with Crippen LogP contribution in [0, 0.1) is 0 Å². The van der Waals surface area contributed by atoms with Crippen LogP contribution in [0.1, 0.15) is 56.1 Å². The zero-order valence-corrected chi connectivity index (χ0v) is 18.0. The summed E-state index contributed by atoms with van der Waals surface area (Å²) < 4.78 is 0. The molecule has 0 atom stereocenters. The first-order chi connectivity index (χ1) is 10.8. The van der Waals surface area contributed by atoms with Gasteiger partial charge in [-0.15, -0.1) is 34.2 Å². The second-order valence-corrected chi connectivity index (χ2v) is 7.92. The summed E-state index contributed by atoms with van der Waals surface area (Å²) in [5, 5.41) is 13.4. The van der Waals surface area contributed by atoms with Crippen molar-refractivity contribution in [2.24, 2.45) is 10.7 Å². The predicted molar refractivity (Wildman–Crippen MR) is 114 cm³/mol. The van der Waals surface area contributed by atoms with E-state index in [4.69, 9.17) is 5.73 Å². The Bertz CT molecular complexity index is 688. The molecule has 0 amide bonds. The fourth-order valence-electron chi connectivity index (χ4n) is 1.94. The second-order valence-electron chi connectivity index (χ2n) is 6.86. The highest BCUT2D eigenvalue weighted by Gasteiger charge is 2.19. The molecule has 0 saturated heterocycles. The van der Waals surface area contributed by atoms with Gasteiger partial charge in [0.1, 0.15) is 10.0 Å². The Morgan fingerprint density at radius 1 is 1.29 bits per heavy atom. The molecule has 1 aromatic carbocycles. The average molecular weight is 459 g/mol. The van der Waals surface area contributed by atoms with Crippen LogP contribution >= 0.6 is 35.3 Å². The maximum atomic E-state index is 5.97. The lowest BCUT2D eigenvalue weighted by molar-refractivity contribution is 0.577. The van der Waals surface area contributed by atoms with Crippen LogP contribution in [0.2, 0.25) is 0 Å². The number of hydrogen-bond donors (Lipinski definition) is 2. The lowest BCUT2D eigenvalue weighted by Gasteiger charge is -2.12. The Labute approximate surface area is 165 Å². The van der Waals surface area contributed by atoms with Crippen molar-refractivity contribution < 1.29 is 0 Å². The van der Waals surface area contributed by atoms with E-state index in [-0.39, 0.29) is 29.4 Å². The van der Waals surface area contributed by atoms with E-state index >= 15 is 0 Å². The van der Waals surface area contributed by atoms with Gasteiger partial charge in [0.05, 0.1) is 6.54 Å². The Hall–Kier alpha value is -1.22. The van der Waals surface area contributed by atoms with Gasteiger partial charge in [-0.3, -0.25) is 0 Å². The molecule has 0 aliphatic rings. The second kappa shape index (κ2) is 8.75. The van der Waals surface area contributed by atoms with E-state index in [9.17, 15) is 0 Å². The number of nitrogens with one attached hydrogen (secondary N) is 1. The van der Waals surface area contributed by atoms with Gasteiger partial charge in [0.2, 0.25) is 0 Å². The third kappa shape index (κ3) is 6.01. The first kappa shape index (κ1) is 20.8. The molecule has 132 valence electrons. The number of aromatic nitrogens is 2. The fourth-order valence-corrected chi connectivity index (χ4v) is 2.76. The minimum atomic E-state index is 0. The Balaban J connectivity index is 0.00000288. The van der Waals surface area contributed by atoms with Crippen LogP contribution < -0.4 is 11.1 Å². The van der Waals surface area contributed by atoms with E-state index in [2.05, 4.69) is 67.3 Å². The van der Waals surface area contributed by atoms with Crippen molar-refractivity contribution in [1.29, 1.82) is 0 Å². The van der Waals surface area contributed by atoms with E-state index in [1.165, 1.54) is 5.56 Å². The zero-order chi connectivity index (χ0) is 17.0. The molecule has 0 saturated carbocycles. The van der Waals surface area contributed by atoms with Crippen LogP contribution in [0.5, 0.6) is 0 Å². The molecule has 0 aliphatic heterocycles. The Kier molecular flexibility index (Phi) is 7.59. The van der Waals surface area contributed by atoms with Crippen molar-refractivity contribution in [1.82, 2.24) is 10.2 Å². The molecule has 0 radical (unpaired) electrons. The summed E-state index contributed by atoms with van der Waals surface area (Å²) in [7, 11) is 0. The van der Waals surface area contributed by atoms with Crippen molar-refractivity contribution in [2.45, 2.75) is 52.5 Å². The number of benzene rings is 1. The Morgan fingerprint density at radius 3 is 2.58 bits per heavy atom. The third-order valence-electron chi connectivity index (χ3n) is 3.32. The largest absolute Gasteiger partial charge is 0.370 e. The summed E-state index contributed by atoms with van der Waals surface area (Å²) in [5.41, 5.74) is 8.20. The summed E-state index contributed by atoms with van der Waals surface area (Å²) in [6, 6.07) is 8.20. The SMILES string of the molecule is CC(C)c1cccc(NC(N)=NCc2nnc(C(C)(C)C)s2)c1.I. The molecule has 1 heterocycles. The van der Waals surface area contributed by atoms with Crippen LogP contribution in [0.15, 0.2) is 29.3 Å². The first-order valence-electron chi connectivity index (χ1n) is 7.75. The molecule has 7 heteroatoms. The summed E-state index contributed by atoms with van der Waals surface area (Å²) >= 11 is 1.58. The lowest BCUT2D eigenvalue weighted by Crippen LogP contribution is -2.22. The molecule has 5 nitrogen and oxygen atoms in total. The van der Waals surface area contributed by atoms with Gasteiger partial charge < -0.3 is 11.1 Å². The quantitative estimate of drug-likeness (QED) is 0.401. The van der Waals surface area contributed by atoms with Gasteiger partial charge in [-0.25, -0.2) is 4.99 Å². The fraction of sp³-hybridized carbons (Fsp3) is 0.471. The van der Waals surface area contributed by atoms with Gasteiger partial charge in [-0.2, -0.15) is 0 Å². The van der Waals surface area contributed by atoms with Gasteiger partial charge >= 0.3 is 0 Å². The van der Waals surface area contributed by atoms with Crippen molar-refractivity contribution in [3.8, 4) is 0 Å². The highest BCUT2D eigenvalue weighted by atomic mass is 127. The summed E-state index contributed by atoms with van der Waals surface area (Å²) in [6.07, 6.45) is 0. The van der Waals surface area contributed by atoms with Gasteiger partial charge in [0.25, 0.3) is 0 Å². The lowest BCUT2D eigenvalue weighted by atomic mass is 9.98. The van der Waals surface area contributed by atoms with E-state index in [1.54, 1.807) is 11.3 Å². The number of anilines is 1. The molecular formula is C17H26IN5S. The number of halogens is 1. The molecule has 3 N–H and O–H groups in total. The van der Waals surface area contributed by atoms with E-state index < -0.39 is 0 Å².